The molecule has 0 spiro atoms. The molecule has 0 saturated carbocycles. The molecule has 5 heteroatoms. The number of thiophene rings is 1. The van der Waals surface area contributed by atoms with E-state index in [0.717, 1.165) is 28.9 Å². The Balaban J connectivity index is 1.61. The zero-order valence-corrected chi connectivity index (χ0v) is 14.3. The molecule has 0 fully saturated rings. The lowest BCUT2D eigenvalue weighted by molar-refractivity contribution is 0.170. The normalized spacial score (nSPS) is 15.0. The molecule has 1 aromatic heterocycles. The lowest BCUT2D eigenvalue weighted by Crippen LogP contribution is -2.27. The summed E-state index contributed by atoms with van der Waals surface area (Å²) in [7, 11) is 0. The van der Waals surface area contributed by atoms with Crippen LogP contribution >= 0.6 is 27.3 Å². The number of rotatable bonds is 5. The Morgan fingerprint density at radius 2 is 2.14 bits per heavy atom. The molecule has 1 N–H and O–H groups in total. The fraction of sp³-hybridized carbons (Fsp3) is 0.375. The molecule has 2 heterocycles. The summed E-state index contributed by atoms with van der Waals surface area (Å²) in [5, 5.41) is 7.89. The smallest absolute Gasteiger partial charge is 0.175 e. The molecule has 1 unspecified atom stereocenters. The summed E-state index contributed by atoms with van der Waals surface area (Å²) in [6.07, 6.45) is 1.05. The Morgan fingerprint density at radius 3 is 2.95 bits per heavy atom. The van der Waals surface area contributed by atoms with Crippen molar-refractivity contribution in [1.29, 1.82) is 0 Å². The first kappa shape index (κ1) is 14.9. The number of nitrogens with one attached hydrogen (secondary N) is 1. The van der Waals surface area contributed by atoms with Crippen molar-refractivity contribution in [3.8, 4) is 11.5 Å². The highest BCUT2D eigenvalue weighted by Gasteiger charge is 2.16. The molecule has 1 atom stereocenters. The highest BCUT2D eigenvalue weighted by Crippen LogP contribution is 2.38. The fourth-order valence-corrected chi connectivity index (χ4v) is 3.68. The Hall–Kier alpha value is -1.04. The molecule has 112 valence electrons. The molecule has 2 aromatic rings. The van der Waals surface area contributed by atoms with Gasteiger partial charge in [0.25, 0.3) is 0 Å². The van der Waals surface area contributed by atoms with Crippen molar-refractivity contribution >= 4 is 27.3 Å². The van der Waals surface area contributed by atoms with Gasteiger partial charge >= 0.3 is 0 Å². The first-order chi connectivity index (χ1) is 10.2. The average Bonchev–Trinajstić information content (AvgIpc) is 2.98. The maximum atomic E-state index is 5.66. The third kappa shape index (κ3) is 3.78. The Kier molecular flexibility index (Phi) is 4.83. The van der Waals surface area contributed by atoms with E-state index in [4.69, 9.17) is 9.47 Å². The van der Waals surface area contributed by atoms with Crippen molar-refractivity contribution < 1.29 is 9.47 Å². The van der Waals surface area contributed by atoms with Gasteiger partial charge in [-0.1, -0.05) is 0 Å². The van der Waals surface area contributed by atoms with Crippen LogP contribution in [0.25, 0.3) is 0 Å². The minimum atomic E-state index is 0.437. The van der Waals surface area contributed by atoms with E-state index in [1.54, 1.807) is 11.3 Å². The average molecular weight is 368 g/mol. The summed E-state index contributed by atoms with van der Waals surface area (Å²) in [4.78, 5) is 0. The lowest BCUT2D eigenvalue weighted by atomic mass is 10.1. The van der Waals surface area contributed by atoms with Crippen LogP contribution in [0.5, 0.6) is 11.5 Å². The van der Waals surface area contributed by atoms with Gasteiger partial charge in [0.2, 0.25) is 0 Å². The molecule has 1 aliphatic heterocycles. The summed E-state index contributed by atoms with van der Waals surface area (Å²) >= 11 is 5.31. The maximum absolute atomic E-state index is 5.66. The highest BCUT2D eigenvalue weighted by atomic mass is 79.9. The van der Waals surface area contributed by atoms with Crippen molar-refractivity contribution in [2.45, 2.75) is 25.9 Å². The molecular weight excluding hydrogens is 350 g/mol. The Bertz CT molecular complexity index is 601. The Morgan fingerprint density at radius 1 is 1.29 bits per heavy atom. The fourth-order valence-electron chi connectivity index (χ4n) is 2.39. The first-order valence-corrected chi connectivity index (χ1v) is 8.78. The molecule has 21 heavy (non-hydrogen) atoms. The van der Waals surface area contributed by atoms with Crippen molar-refractivity contribution in [3.05, 3.63) is 44.6 Å². The van der Waals surface area contributed by atoms with Gasteiger partial charge in [-0.15, -0.1) is 0 Å². The molecule has 0 saturated heterocycles. The van der Waals surface area contributed by atoms with E-state index in [9.17, 15) is 0 Å². The maximum Gasteiger partial charge on any atom is 0.175 e. The topological polar surface area (TPSA) is 30.5 Å². The van der Waals surface area contributed by atoms with Crippen molar-refractivity contribution in [1.82, 2.24) is 5.32 Å². The highest BCUT2D eigenvalue weighted by molar-refractivity contribution is 9.10. The minimum Gasteiger partial charge on any atom is -0.486 e. The summed E-state index contributed by atoms with van der Waals surface area (Å²) < 4.78 is 12.2. The van der Waals surface area contributed by atoms with E-state index < -0.39 is 0 Å². The van der Waals surface area contributed by atoms with Crippen LogP contribution in [0.3, 0.4) is 0 Å². The van der Waals surface area contributed by atoms with Crippen molar-refractivity contribution in [3.63, 3.8) is 0 Å². The molecule has 0 amide bonds. The van der Waals surface area contributed by atoms with Gasteiger partial charge in [-0.25, -0.2) is 0 Å². The Labute approximate surface area is 137 Å². The van der Waals surface area contributed by atoms with E-state index in [1.807, 2.05) is 0 Å². The van der Waals surface area contributed by atoms with E-state index in [-0.39, 0.29) is 0 Å². The number of ether oxygens (including phenoxy) is 2. The quantitative estimate of drug-likeness (QED) is 0.865. The van der Waals surface area contributed by atoms with Gasteiger partial charge in [0.1, 0.15) is 13.2 Å². The molecule has 0 bridgehead atoms. The summed E-state index contributed by atoms with van der Waals surface area (Å²) in [5.74, 6) is 1.65. The molecule has 1 aliphatic rings. The number of halogens is 1. The second-order valence-corrected chi connectivity index (χ2v) is 6.85. The molecular formula is C16H18BrNO2S. The van der Waals surface area contributed by atoms with E-state index >= 15 is 0 Å². The third-order valence-electron chi connectivity index (χ3n) is 3.43. The number of hydrogen-bond donors (Lipinski definition) is 1. The van der Waals surface area contributed by atoms with Crippen LogP contribution in [-0.4, -0.2) is 19.3 Å². The minimum absolute atomic E-state index is 0.437. The van der Waals surface area contributed by atoms with Crippen LogP contribution in [0.1, 0.15) is 18.1 Å². The molecule has 1 aromatic carbocycles. The van der Waals surface area contributed by atoms with Crippen LogP contribution in [0.4, 0.5) is 0 Å². The van der Waals surface area contributed by atoms with E-state index in [1.165, 1.54) is 11.1 Å². The van der Waals surface area contributed by atoms with Crippen LogP contribution < -0.4 is 14.8 Å². The van der Waals surface area contributed by atoms with Gasteiger partial charge in [-0.2, -0.15) is 11.3 Å². The number of benzene rings is 1. The molecule has 3 rings (SSSR count). The van der Waals surface area contributed by atoms with Crippen molar-refractivity contribution in [2.75, 3.05) is 13.2 Å². The van der Waals surface area contributed by atoms with Gasteiger partial charge < -0.3 is 14.8 Å². The predicted octanol–water partition coefficient (Wildman–Crippen LogP) is 4.00. The lowest BCUT2D eigenvalue weighted by Gasteiger charge is -2.21. The number of hydrogen-bond acceptors (Lipinski definition) is 4. The zero-order valence-electron chi connectivity index (χ0n) is 11.9. The predicted molar refractivity (Wildman–Crippen MR) is 89.5 cm³/mol. The largest absolute Gasteiger partial charge is 0.486 e. The van der Waals surface area contributed by atoms with Gasteiger partial charge in [-0.05, 0) is 69.4 Å². The standard InChI is InChI=1S/C16H18BrNO2S/c1-11(6-12-2-5-21-10-12)18-9-13-7-14(17)16-15(8-13)19-3-4-20-16/h2,5,7-8,10-11,18H,3-4,6,9H2,1H3. The third-order valence-corrected chi connectivity index (χ3v) is 4.75. The molecule has 0 aliphatic carbocycles. The summed E-state index contributed by atoms with van der Waals surface area (Å²) in [6.45, 7) is 4.26. The van der Waals surface area contributed by atoms with E-state index in [0.29, 0.717) is 19.3 Å². The monoisotopic (exact) mass is 367 g/mol. The second-order valence-electron chi connectivity index (χ2n) is 5.22. The van der Waals surface area contributed by atoms with Gasteiger partial charge in [-0.3, -0.25) is 0 Å². The molecule has 3 nitrogen and oxygen atoms in total. The zero-order chi connectivity index (χ0) is 14.7. The van der Waals surface area contributed by atoms with Crippen LogP contribution in [0.15, 0.2) is 33.4 Å². The van der Waals surface area contributed by atoms with Gasteiger partial charge in [0.05, 0.1) is 4.47 Å². The SMILES string of the molecule is CC(Cc1ccsc1)NCc1cc(Br)c2c(c1)OCCO2. The first-order valence-electron chi connectivity index (χ1n) is 7.05. The van der Waals surface area contributed by atoms with E-state index in [2.05, 4.69) is 57.1 Å². The van der Waals surface area contributed by atoms with Crippen LogP contribution in [-0.2, 0) is 13.0 Å². The summed E-state index contributed by atoms with van der Waals surface area (Å²) in [6, 6.07) is 6.77. The number of fused-ring (bicyclic) bond motifs is 1. The van der Waals surface area contributed by atoms with Gasteiger partial charge in [0, 0.05) is 12.6 Å². The van der Waals surface area contributed by atoms with Crippen molar-refractivity contribution in [2.24, 2.45) is 0 Å². The van der Waals surface area contributed by atoms with Crippen LogP contribution in [0.2, 0.25) is 0 Å². The van der Waals surface area contributed by atoms with Gasteiger partial charge in [0.15, 0.2) is 11.5 Å². The second kappa shape index (κ2) is 6.81. The van der Waals surface area contributed by atoms with Crippen LogP contribution in [0, 0.1) is 0 Å². The summed E-state index contributed by atoms with van der Waals surface area (Å²) in [5.41, 5.74) is 2.59. The molecule has 0 radical (unpaired) electrons.